The number of rotatable bonds is 6. The first-order valence-corrected chi connectivity index (χ1v) is 11.2. The van der Waals surface area contributed by atoms with Crippen LogP contribution in [-0.2, 0) is 20.9 Å². The summed E-state index contributed by atoms with van der Waals surface area (Å²) in [6, 6.07) is 17.0. The van der Waals surface area contributed by atoms with Crippen LogP contribution in [0.3, 0.4) is 0 Å². The maximum absolute atomic E-state index is 13.6. The summed E-state index contributed by atoms with van der Waals surface area (Å²) in [4.78, 5) is 30.5. The van der Waals surface area contributed by atoms with Crippen molar-refractivity contribution in [3.63, 3.8) is 0 Å². The average molecular weight is 435 g/mol. The van der Waals surface area contributed by atoms with Crippen LogP contribution in [-0.4, -0.2) is 53.0 Å². The lowest BCUT2D eigenvalue weighted by Gasteiger charge is -2.37. The zero-order chi connectivity index (χ0) is 22.8. The molecule has 0 N–H and O–H groups in total. The second-order valence-electron chi connectivity index (χ2n) is 8.76. The second-order valence-corrected chi connectivity index (χ2v) is 8.76. The molecule has 2 heterocycles. The molecule has 6 nitrogen and oxygen atoms in total. The molecule has 32 heavy (non-hydrogen) atoms. The van der Waals surface area contributed by atoms with Crippen LogP contribution in [0.25, 0.3) is 5.57 Å². The van der Waals surface area contributed by atoms with E-state index in [1.54, 1.807) is 0 Å². The molecule has 6 heteroatoms. The molecular formula is C26H30N2O4. The van der Waals surface area contributed by atoms with Gasteiger partial charge in [-0.15, -0.1) is 0 Å². The van der Waals surface area contributed by atoms with E-state index in [4.69, 9.17) is 9.47 Å². The molecule has 0 bridgehead atoms. The monoisotopic (exact) mass is 434 g/mol. The largest absolute Gasteiger partial charge is 0.491 e. The van der Waals surface area contributed by atoms with Crippen molar-refractivity contribution < 1.29 is 19.1 Å². The highest BCUT2D eigenvalue weighted by molar-refractivity contribution is 6.35. The van der Waals surface area contributed by atoms with Gasteiger partial charge in [0.2, 0.25) is 0 Å². The number of benzene rings is 2. The van der Waals surface area contributed by atoms with Gasteiger partial charge in [0.05, 0.1) is 30.4 Å². The van der Waals surface area contributed by atoms with E-state index in [9.17, 15) is 9.59 Å². The van der Waals surface area contributed by atoms with E-state index in [0.29, 0.717) is 24.4 Å². The third kappa shape index (κ3) is 4.55. The molecule has 0 aromatic heterocycles. The third-order valence-corrected chi connectivity index (χ3v) is 5.58. The Morgan fingerprint density at radius 1 is 0.938 bits per heavy atom. The predicted molar refractivity (Wildman–Crippen MR) is 123 cm³/mol. The lowest BCUT2D eigenvalue weighted by atomic mass is 10.0. The van der Waals surface area contributed by atoms with Gasteiger partial charge in [-0.25, -0.2) is 0 Å². The van der Waals surface area contributed by atoms with Crippen LogP contribution in [0, 0.1) is 0 Å². The van der Waals surface area contributed by atoms with Gasteiger partial charge in [0.1, 0.15) is 11.4 Å². The summed E-state index contributed by atoms with van der Waals surface area (Å²) in [5.41, 5.74) is 2.55. The molecule has 2 amide bonds. The second kappa shape index (κ2) is 9.17. The van der Waals surface area contributed by atoms with Crippen LogP contribution in [0.1, 0.15) is 38.8 Å². The van der Waals surface area contributed by atoms with Crippen molar-refractivity contribution in [1.29, 1.82) is 0 Å². The van der Waals surface area contributed by atoms with Crippen LogP contribution in [0.4, 0.5) is 0 Å². The van der Waals surface area contributed by atoms with Crippen LogP contribution >= 0.6 is 0 Å². The summed E-state index contributed by atoms with van der Waals surface area (Å²) in [5.74, 6) is 0.216. The van der Waals surface area contributed by atoms with Gasteiger partial charge < -0.3 is 14.4 Å². The lowest BCUT2D eigenvalue weighted by Crippen LogP contribution is -2.46. The Labute approximate surface area is 189 Å². The Morgan fingerprint density at radius 2 is 1.56 bits per heavy atom. The Hall–Kier alpha value is -3.12. The molecule has 2 aliphatic rings. The number of imide groups is 1. The molecule has 0 saturated carbocycles. The topological polar surface area (TPSA) is 59.1 Å². The van der Waals surface area contributed by atoms with Gasteiger partial charge in [-0.05, 0) is 51.0 Å². The summed E-state index contributed by atoms with van der Waals surface area (Å²) in [5, 5.41) is 0. The third-order valence-electron chi connectivity index (χ3n) is 5.58. The fraction of sp³-hybridized carbons (Fsp3) is 0.385. The smallest absolute Gasteiger partial charge is 0.278 e. The highest BCUT2D eigenvalue weighted by Crippen LogP contribution is 2.34. The Balaban J connectivity index is 1.72. The number of amides is 2. The van der Waals surface area contributed by atoms with Gasteiger partial charge in [0.25, 0.3) is 11.8 Å². The zero-order valence-electron chi connectivity index (χ0n) is 19.1. The number of hydrogen-bond acceptors (Lipinski definition) is 5. The van der Waals surface area contributed by atoms with Gasteiger partial charge in [-0.2, -0.15) is 0 Å². The van der Waals surface area contributed by atoms with Gasteiger partial charge in [0.15, 0.2) is 0 Å². The minimum atomic E-state index is -0.266. The van der Waals surface area contributed by atoms with Crippen LogP contribution in [0.2, 0.25) is 0 Å². The summed E-state index contributed by atoms with van der Waals surface area (Å²) < 4.78 is 11.6. The highest BCUT2D eigenvalue weighted by Gasteiger charge is 2.43. The SMILES string of the molecule is CC(C)Oc1ccc(C2=C(N3CC(C)OC(C)C3)C(=O)N(Cc3ccccc3)C2=O)cc1. The quantitative estimate of drug-likeness (QED) is 0.646. The van der Waals surface area contributed by atoms with Crippen molar-refractivity contribution in [2.24, 2.45) is 0 Å². The van der Waals surface area contributed by atoms with Crippen molar-refractivity contribution in [2.75, 3.05) is 13.1 Å². The van der Waals surface area contributed by atoms with Gasteiger partial charge in [0, 0.05) is 13.1 Å². The molecule has 2 aromatic rings. The molecule has 2 aromatic carbocycles. The molecule has 0 radical (unpaired) electrons. The first-order valence-electron chi connectivity index (χ1n) is 11.2. The number of nitrogens with zero attached hydrogens (tertiary/aromatic N) is 2. The normalized spacial score (nSPS) is 21.7. The zero-order valence-corrected chi connectivity index (χ0v) is 19.1. The highest BCUT2D eigenvalue weighted by atomic mass is 16.5. The Bertz CT molecular complexity index is 1000. The van der Waals surface area contributed by atoms with Crippen LogP contribution in [0.5, 0.6) is 5.75 Å². The van der Waals surface area contributed by atoms with Crippen molar-refractivity contribution in [1.82, 2.24) is 9.80 Å². The minimum Gasteiger partial charge on any atom is -0.491 e. The van der Waals surface area contributed by atoms with E-state index in [1.807, 2.05) is 87.2 Å². The van der Waals surface area contributed by atoms with E-state index in [-0.39, 0.29) is 36.7 Å². The molecule has 4 rings (SSSR count). The predicted octanol–water partition coefficient (Wildman–Crippen LogP) is 3.86. The number of hydrogen-bond donors (Lipinski definition) is 0. The maximum atomic E-state index is 13.6. The minimum absolute atomic E-state index is 0.0274. The number of morpholine rings is 1. The lowest BCUT2D eigenvalue weighted by molar-refractivity contribution is -0.139. The van der Waals surface area contributed by atoms with E-state index in [2.05, 4.69) is 0 Å². The average Bonchev–Trinajstić information content (AvgIpc) is 2.99. The molecule has 2 unspecified atom stereocenters. The molecule has 1 saturated heterocycles. The number of carbonyl (C=O) groups is 2. The van der Waals surface area contributed by atoms with Crippen LogP contribution in [0.15, 0.2) is 60.3 Å². The molecule has 0 aliphatic carbocycles. The Kier molecular flexibility index (Phi) is 6.33. The summed E-state index contributed by atoms with van der Waals surface area (Å²) in [6.45, 7) is 9.29. The fourth-order valence-corrected chi connectivity index (χ4v) is 4.36. The van der Waals surface area contributed by atoms with Crippen LogP contribution < -0.4 is 4.74 Å². The number of ether oxygens (including phenoxy) is 2. The van der Waals surface area contributed by atoms with E-state index >= 15 is 0 Å². The summed E-state index contributed by atoms with van der Waals surface area (Å²) in [7, 11) is 0. The van der Waals surface area contributed by atoms with E-state index < -0.39 is 0 Å². The van der Waals surface area contributed by atoms with E-state index in [1.165, 1.54) is 4.90 Å². The molecule has 1 fully saturated rings. The Morgan fingerprint density at radius 3 is 2.16 bits per heavy atom. The fourth-order valence-electron chi connectivity index (χ4n) is 4.36. The standard InChI is InChI=1S/C26H30N2O4/c1-17(2)31-22-12-10-21(11-13-22)23-24(27-14-18(3)32-19(4)15-27)26(30)28(25(23)29)16-20-8-6-5-7-9-20/h5-13,17-19H,14-16H2,1-4H3. The van der Waals surface area contributed by atoms with Crippen molar-refractivity contribution >= 4 is 17.4 Å². The maximum Gasteiger partial charge on any atom is 0.278 e. The molecule has 2 atom stereocenters. The molecule has 168 valence electrons. The first-order chi connectivity index (χ1) is 15.3. The van der Waals surface area contributed by atoms with Crippen molar-refractivity contribution in [3.8, 4) is 5.75 Å². The first kappa shape index (κ1) is 22.1. The molecule has 2 aliphatic heterocycles. The van der Waals surface area contributed by atoms with Gasteiger partial charge in [-0.1, -0.05) is 42.5 Å². The molecular weight excluding hydrogens is 404 g/mol. The summed E-state index contributed by atoms with van der Waals surface area (Å²) >= 11 is 0. The summed E-state index contributed by atoms with van der Waals surface area (Å²) in [6.07, 6.45) is 0.00351. The molecule has 0 spiro atoms. The van der Waals surface area contributed by atoms with E-state index in [0.717, 1.165) is 16.9 Å². The van der Waals surface area contributed by atoms with Crippen molar-refractivity contribution in [3.05, 3.63) is 71.4 Å². The van der Waals surface area contributed by atoms with Gasteiger partial charge in [-0.3, -0.25) is 14.5 Å². The number of carbonyl (C=O) groups excluding carboxylic acids is 2. The van der Waals surface area contributed by atoms with Crippen molar-refractivity contribution in [2.45, 2.75) is 52.6 Å². The van der Waals surface area contributed by atoms with Gasteiger partial charge >= 0.3 is 0 Å².